The van der Waals surface area contributed by atoms with Crippen LogP contribution in [0.3, 0.4) is 0 Å². The average molecular weight is 563 g/mol. The molecule has 0 aliphatic rings. The van der Waals surface area contributed by atoms with Crippen molar-refractivity contribution in [1.82, 2.24) is 10.2 Å². The highest BCUT2D eigenvalue weighted by Crippen LogP contribution is 2.26. The second-order valence-corrected chi connectivity index (χ2v) is 8.85. The molecule has 2 aromatic carbocycles. The topological polar surface area (TPSA) is 58.6 Å². The smallest absolute Gasteiger partial charge is 0.261 e. The zero-order valence-electron chi connectivity index (χ0n) is 17.0. The van der Waals surface area contributed by atoms with Crippen LogP contribution in [0.25, 0.3) is 0 Å². The fraction of sp³-hybridized carbons (Fsp3) is 0.364. The lowest BCUT2D eigenvalue weighted by atomic mass is 10.1. The fourth-order valence-corrected chi connectivity index (χ4v) is 3.61. The molecule has 0 radical (unpaired) electrons. The van der Waals surface area contributed by atoms with E-state index in [0.717, 1.165) is 16.4 Å². The maximum Gasteiger partial charge on any atom is 0.261 e. The molecule has 0 aliphatic carbocycles. The summed E-state index contributed by atoms with van der Waals surface area (Å²) in [5.41, 5.74) is 0.594. The maximum atomic E-state index is 13.0. The van der Waals surface area contributed by atoms with Crippen LogP contribution in [0.1, 0.15) is 32.3 Å². The van der Waals surface area contributed by atoms with Crippen molar-refractivity contribution in [3.8, 4) is 5.75 Å². The minimum atomic E-state index is -0.706. The van der Waals surface area contributed by atoms with Crippen molar-refractivity contribution in [3.05, 3.63) is 61.6 Å². The molecule has 1 N–H and O–H groups in total. The lowest BCUT2D eigenvalue weighted by molar-refractivity contribution is -0.142. The van der Waals surface area contributed by atoms with Gasteiger partial charge in [-0.15, -0.1) is 0 Å². The fourth-order valence-electron chi connectivity index (χ4n) is 2.73. The summed E-state index contributed by atoms with van der Waals surface area (Å²) in [7, 11) is 0. The van der Waals surface area contributed by atoms with Crippen LogP contribution in [0.15, 0.2) is 42.5 Å². The number of rotatable bonds is 10. The Hall–Kier alpha value is -1.51. The third-order valence-electron chi connectivity index (χ3n) is 4.56. The summed E-state index contributed by atoms with van der Waals surface area (Å²) in [5.74, 6) is 0.0245. The minimum absolute atomic E-state index is 0.107. The van der Waals surface area contributed by atoms with E-state index >= 15 is 0 Å². The van der Waals surface area contributed by atoms with Crippen LogP contribution in [0, 0.1) is 3.57 Å². The van der Waals surface area contributed by atoms with Gasteiger partial charge in [0, 0.05) is 32.3 Å². The summed E-state index contributed by atoms with van der Waals surface area (Å²) in [4.78, 5) is 27.1. The molecular formula is C22H25Cl2IN2O3. The Bertz CT molecular complexity index is 842. The van der Waals surface area contributed by atoms with Crippen LogP contribution in [0.4, 0.5) is 0 Å². The Kier molecular flexibility index (Phi) is 10.2. The van der Waals surface area contributed by atoms with Crippen LogP contribution in [-0.2, 0) is 16.1 Å². The van der Waals surface area contributed by atoms with Gasteiger partial charge in [0.1, 0.15) is 11.8 Å². The number of hydrogen-bond acceptors (Lipinski definition) is 3. The number of nitrogens with one attached hydrogen (secondary N) is 1. The number of carbonyl (C=O) groups excluding carboxylic acids is 2. The number of carbonyl (C=O) groups is 2. The molecule has 2 rings (SSSR count). The van der Waals surface area contributed by atoms with Crippen molar-refractivity contribution in [1.29, 1.82) is 0 Å². The molecule has 0 bridgehead atoms. The number of halogens is 3. The van der Waals surface area contributed by atoms with E-state index in [1.165, 1.54) is 4.90 Å². The molecule has 1 unspecified atom stereocenters. The number of unbranched alkanes of at least 4 members (excludes halogenated alkanes) is 1. The van der Waals surface area contributed by atoms with Gasteiger partial charge in [-0.05, 0) is 72.3 Å². The van der Waals surface area contributed by atoms with Gasteiger partial charge in [0.15, 0.2) is 6.61 Å². The Morgan fingerprint density at radius 2 is 1.77 bits per heavy atom. The quantitative estimate of drug-likeness (QED) is 0.315. The highest BCUT2D eigenvalue weighted by molar-refractivity contribution is 14.1. The van der Waals surface area contributed by atoms with Crippen molar-refractivity contribution < 1.29 is 14.3 Å². The standard InChI is InChI=1S/C22H25Cl2IN2O3/c1-3-4-12-26-22(29)15(2)27(13-18-19(23)6-5-7-20(18)24)21(28)14-30-17-10-8-16(25)9-11-17/h5-11,15H,3-4,12-14H2,1-2H3,(H,26,29). The van der Waals surface area contributed by atoms with E-state index in [9.17, 15) is 9.59 Å². The second kappa shape index (κ2) is 12.4. The minimum Gasteiger partial charge on any atom is -0.484 e. The molecular weight excluding hydrogens is 538 g/mol. The lowest BCUT2D eigenvalue weighted by Gasteiger charge is -2.29. The van der Waals surface area contributed by atoms with Crippen LogP contribution >= 0.6 is 45.8 Å². The summed E-state index contributed by atoms with van der Waals surface area (Å²) in [5, 5.41) is 3.76. The van der Waals surface area contributed by atoms with Crippen molar-refractivity contribution in [2.24, 2.45) is 0 Å². The summed E-state index contributed by atoms with van der Waals surface area (Å²) in [6.45, 7) is 4.21. The molecule has 5 nitrogen and oxygen atoms in total. The Morgan fingerprint density at radius 3 is 2.37 bits per heavy atom. The molecule has 30 heavy (non-hydrogen) atoms. The van der Waals surface area contributed by atoms with E-state index in [2.05, 4.69) is 27.9 Å². The third kappa shape index (κ3) is 7.32. The third-order valence-corrected chi connectivity index (χ3v) is 5.99. The number of hydrogen-bond donors (Lipinski definition) is 1. The molecule has 2 aromatic rings. The van der Waals surface area contributed by atoms with Gasteiger partial charge in [-0.2, -0.15) is 0 Å². The van der Waals surface area contributed by atoms with Gasteiger partial charge in [-0.1, -0.05) is 42.6 Å². The monoisotopic (exact) mass is 562 g/mol. The van der Waals surface area contributed by atoms with Gasteiger partial charge >= 0.3 is 0 Å². The molecule has 0 saturated heterocycles. The van der Waals surface area contributed by atoms with Gasteiger partial charge in [0.05, 0.1) is 0 Å². The highest BCUT2D eigenvalue weighted by Gasteiger charge is 2.27. The van der Waals surface area contributed by atoms with E-state index in [1.807, 2.05) is 19.1 Å². The number of nitrogens with zero attached hydrogens (tertiary/aromatic N) is 1. The molecule has 0 aliphatic heterocycles. The second-order valence-electron chi connectivity index (χ2n) is 6.79. The van der Waals surface area contributed by atoms with Crippen LogP contribution in [-0.4, -0.2) is 35.9 Å². The first kappa shape index (κ1) is 24.8. The van der Waals surface area contributed by atoms with Crippen molar-refractivity contribution in [3.63, 3.8) is 0 Å². The van der Waals surface area contributed by atoms with E-state index in [4.69, 9.17) is 27.9 Å². The predicted molar refractivity (Wildman–Crippen MR) is 129 cm³/mol. The van der Waals surface area contributed by atoms with Gasteiger partial charge in [-0.3, -0.25) is 9.59 Å². The van der Waals surface area contributed by atoms with E-state index in [-0.39, 0.29) is 25.0 Å². The van der Waals surface area contributed by atoms with Crippen molar-refractivity contribution >= 4 is 57.6 Å². The summed E-state index contributed by atoms with van der Waals surface area (Å²) >= 11 is 14.8. The number of benzene rings is 2. The molecule has 1 atom stereocenters. The highest BCUT2D eigenvalue weighted by atomic mass is 127. The van der Waals surface area contributed by atoms with Crippen molar-refractivity contribution in [2.45, 2.75) is 39.3 Å². The average Bonchev–Trinajstić information content (AvgIpc) is 2.72. The first-order valence-electron chi connectivity index (χ1n) is 9.72. The van der Waals surface area contributed by atoms with Crippen molar-refractivity contribution in [2.75, 3.05) is 13.2 Å². The summed E-state index contributed by atoms with van der Waals surface area (Å²) in [6.07, 6.45) is 1.84. The number of amides is 2. The van der Waals surface area contributed by atoms with Gasteiger partial charge in [0.25, 0.3) is 5.91 Å². The molecule has 0 spiro atoms. The van der Waals surface area contributed by atoms with Crippen LogP contribution in [0.5, 0.6) is 5.75 Å². The molecule has 8 heteroatoms. The number of ether oxygens (including phenoxy) is 1. The van der Waals surface area contributed by atoms with Crippen LogP contribution < -0.4 is 10.1 Å². The molecule has 2 amide bonds. The zero-order chi connectivity index (χ0) is 22.1. The Labute approximate surface area is 201 Å². The molecule has 162 valence electrons. The Morgan fingerprint density at radius 1 is 1.13 bits per heavy atom. The Balaban J connectivity index is 2.17. The predicted octanol–water partition coefficient (Wildman–Crippen LogP) is 5.31. The van der Waals surface area contributed by atoms with Crippen LogP contribution in [0.2, 0.25) is 10.0 Å². The first-order chi connectivity index (χ1) is 14.3. The molecule has 0 fully saturated rings. The summed E-state index contributed by atoms with van der Waals surface area (Å²) < 4.78 is 6.71. The molecule has 0 saturated carbocycles. The SMILES string of the molecule is CCCCNC(=O)C(C)N(Cc1c(Cl)cccc1Cl)C(=O)COc1ccc(I)cc1. The lowest BCUT2D eigenvalue weighted by Crippen LogP contribution is -2.49. The normalized spacial score (nSPS) is 11.6. The van der Waals surface area contributed by atoms with Gasteiger partial charge in [0.2, 0.25) is 5.91 Å². The first-order valence-corrected chi connectivity index (χ1v) is 11.5. The largest absolute Gasteiger partial charge is 0.484 e. The van der Waals surface area contributed by atoms with E-state index in [1.54, 1.807) is 37.3 Å². The zero-order valence-corrected chi connectivity index (χ0v) is 20.6. The van der Waals surface area contributed by atoms with Gasteiger partial charge in [-0.25, -0.2) is 0 Å². The maximum absolute atomic E-state index is 13.0. The summed E-state index contributed by atoms with van der Waals surface area (Å²) in [6, 6.07) is 11.8. The molecule has 0 aromatic heterocycles. The van der Waals surface area contributed by atoms with Gasteiger partial charge < -0.3 is 15.0 Å². The molecule has 0 heterocycles. The van der Waals surface area contributed by atoms with E-state index in [0.29, 0.717) is 27.9 Å². The van der Waals surface area contributed by atoms with E-state index < -0.39 is 6.04 Å².